The highest BCUT2D eigenvalue weighted by Gasteiger charge is 2.45. The van der Waals surface area contributed by atoms with E-state index < -0.39 is 11.4 Å². The molecule has 3 heterocycles. The Kier molecular flexibility index (Phi) is 5.60. The standard InChI is InChI=1S/C21H22FN5O3/c22-16-5-1-6-17(10-16)25-20(29)27-9-3-7-21(14-27)11-18(26-30-21)19(28)24-13-15-4-2-8-23-12-15/h1-2,4-6,8,10,12H,3,7,9,11,13-14H2,(H,24,28)(H,25,29)/t21-/m0/s1. The zero-order valence-corrected chi connectivity index (χ0v) is 16.3. The number of piperidine rings is 1. The molecule has 2 aliphatic heterocycles. The lowest BCUT2D eigenvalue weighted by Crippen LogP contribution is -2.52. The molecule has 1 spiro atoms. The third kappa shape index (κ3) is 4.56. The lowest BCUT2D eigenvalue weighted by atomic mass is 9.88. The number of pyridine rings is 1. The maximum atomic E-state index is 13.3. The zero-order chi connectivity index (χ0) is 21.0. The Hall–Kier alpha value is -3.49. The van der Waals surface area contributed by atoms with Gasteiger partial charge in [-0.2, -0.15) is 0 Å². The van der Waals surface area contributed by atoms with E-state index in [0.29, 0.717) is 43.9 Å². The van der Waals surface area contributed by atoms with Crippen molar-refractivity contribution in [3.63, 3.8) is 0 Å². The van der Waals surface area contributed by atoms with Gasteiger partial charge in [0.25, 0.3) is 5.91 Å². The van der Waals surface area contributed by atoms with Gasteiger partial charge in [-0.1, -0.05) is 17.3 Å². The number of likely N-dealkylation sites (tertiary alicyclic amines) is 1. The summed E-state index contributed by atoms with van der Waals surface area (Å²) in [5.74, 6) is -0.713. The first-order valence-corrected chi connectivity index (χ1v) is 9.77. The number of aromatic nitrogens is 1. The fourth-order valence-corrected chi connectivity index (χ4v) is 3.69. The minimum Gasteiger partial charge on any atom is -0.386 e. The van der Waals surface area contributed by atoms with Gasteiger partial charge in [-0.3, -0.25) is 9.78 Å². The van der Waals surface area contributed by atoms with Gasteiger partial charge in [-0.15, -0.1) is 0 Å². The smallest absolute Gasteiger partial charge is 0.321 e. The first kappa shape index (κ1) is 19.8. The van der Waals surface area contributed by atoms with Crippen LogP contribution >= 0.6 is 0 Å². The Morgan fingerprint density at radius 1 is 1.27 bits per heavy atom. The molecule has 0 unspecified atom stereocenters. The first-order chi connectivity index (χ1) is 14.5. The minimum absolute atomic E-state index is 0.294. The molecule has 1 saturated heterocycles. The van der Waals surface area contributed by atoms with Crippen molar-refractivity contribution in [3.05, 3.63) is 60.2 Å². The highest BCUT2D eigenvalue weighted by Crippen LogP contribution is 2.33. The Morgan fingerprint density at radius 3 is 2.97 bits per heavy atom. The van der Waals surface area contributed by atoms with Crippen molar-refractivity contribution in [1.82, 2.24) is 15.2 Å². The first-order valence-electron chi connectivity index (χ1n) is 9.77. The van der Waals surface area contributed by atoms with Crippen LogP contribution in [0.15, 0.2) is 53.9 Å². The maximum absolute atomic E-state index is 13.3. The monoisotopic (exact) mass is 411 g/mol. The summed E-state index contributed by atoms with van der Waals surface area (Å²) in [6, 6.07) is 9.08. The van der Waals surface area contributed by atoms with Crippen molar-refractivity contribution in [1.29, 1.82) is 0 Å². The van der Waals surface area contributed by atoms with Crippen LogP contribution in [-0.4, -0.2) is 46.2 Å². The molecule has 2 aromatic rings. The molecule has 30 heavy (non-hydrogen) atoms. The molecule has 156 valence electrons. The van der Waals surface area contributed by atoms with Gasteiger partial charge in [0, 0.05) is 37.6 Å². The fourth-order valence-electron chi connectivity index (χ4n) is 3.69. The molecule has 9 heteroatoms. The van der Waals surface area contributed by atoms with Crippen LogP contribution in [0.1, 0.15) is 24.8 Å². The van der Waals surface area contributed by atoms with Crippen molar-refractivity contribution >= 4 is 23.3 Å². The molecule has 8 nitrogen and oxygen atoms in total. The van der Waals surface area contributed by atoms with E-state index in [1.807, 2.05) is 6.07 Å². The predicted octanol–water partition coefficient (Wildman–Crippen LogP) is 2.68. The van der Waals surface area contributed by atoms with Gasteiger partial charge in [-0.25, -0.2) is 9.18 Å². The molecule has 0 saturated carbocycles. The van der Waals surface area contributed by atoms with Crippen molar-refractivity contribution in [2.75, 3.05) is 18.4 Å². The van der Waals surface area contributed by atoms with Crippen LogP contribution in [0.5, 0.6) is 0 Å². The lowest BCUT2D eigenvalue weighted by Gasteiger charge is -2.38. The number of carbonyl (C=O) groups excluding carboxylic acids is 2. The maximum Gasteiger partial charge on any atom is 0.321 e. The van der Waals surface area contributed by atoms with Crippen LogP contribution in [0.3, 0.4) is 0 Å². The van der Waals surface area contributed by atoms with E-state index >= 15 is 0 Å². The SMILES string of the molecule is O=C(NCc1cccnc1)C1=NO[C@@]2(CCCN(C(=O)Nc3cccc(F)c3)C2)C1. The molecule has 1 aromatic carbocycles. The molecule has 4 rings (SSSR count). The van der Waals surface area contributed by atoms with Gasteiger partial charge >= 0.3 is 6.03 Å². The highest BCUT2D eigenvalue weighted by atomic mass is 19.1. The highest BCUT2D eigenvalue weighted by molar-refractivity contribution is 6.39. The summed E-state index contributed by atoms with van der Waals surface area (Å²) in [6.45, 7) is 1.20. The van der Waals surface area contributed by atoms with Crippen LogP contribution in [0.25, 0.3) is 0 Å². The number of benzene rings is 1. The van der Waals surface area contributed by atoms with E-state index in [4.69, 9.17) is 4.84 Å². The van der Waals surface area contributed by atoms with E-state index in [1.54, 1.807) is 29.4 Å². The third-order valence-corrected chi connectivity index (χ3v) is 5.18. The van der Waals surface area contributed by atoms with Crippen LogP contribution in [0, 0.1) is 5.82 Å². The van der Waals surface area contributed by atoms with Crippen LogP contribution in [0.4, 0.5) is 14.9 Å². The quantitative estimate of drug-likeness (QED) is 0.809. The van der Waals surface area contributed by atoms with Gasteiger partial charge in [0.2, 0.25) is 0 Å². The van der Waals surface area contributed by atoms with Crippen molar-refractivity contribution in [3.8, 4) is 0 Å². The number of carbonyl (C=O) groups is 2. The summed E-state index contributed by atoms with van der Waals surface area (Å²) in [5, 5.41) is 9.51. The minimum atomic E-state index is -0.710. The Bertz CT molecular complexity index is 968. The van der Waals surface area contributed by atoms with E-state index in [2.05, 4.69) is 20.8 Å². The second-order valence-electron chi connectivity index (χ2n) is 7.50. The van der Waals surface area contributed by atoms with Gasteiger partial charge in [0.05, 0.1) is 6.54 Å². The second kappa shape index (κ2) is 8.48. The number of hydrogen-bond acceptors (Lipinski definition) is 5. The second-order valence-corrected chi connectivity index (χ2v) is 7.50. The average molecular weight is 411 g/mol. The molecular weight excluding hydrogens is 389 g/mol. The van der Waals surface area contributed by atoms with Gasteiger partial charge in [0.1, 0.15) is 11.5 Å². The number of amides is 3. The summed E-state index contributed by atoms with van der Waals surface area (Å²) < 4.78 is 13.3. The summed E-state index contributed by atoms with van der Waals surface area (Å²) in [7, 11) is 0. The molecular formula is C21H22FN5O3. The summed E-state index contributed by atoms with van der Waals surface area (Å²) in [6.07, 6.45) is 5.10. The average Bonchev–Trinajstić information content (AvgIpc) is 3.16. The van der Waals surface area contributed by atoms with E-state index in [0.717, 1.165) is 12.0 Å². The van der Waals surface area contributed by atoms with Gasteiger partial charge < -0.3 is 20.4 Å². The summed E-state index contributed by atoms with van der Waals surface area (Å²) >= 11 is 0. The molecule has 3 amide bonds. The molecule has 2 aliphatic rings. The zero-order valence-electron chi connectivity index (χ0n) is 16.3. The predicted molar refractivity (Wildman–Crippen MR) is 108 cm³/mol. The third-order valence-electron chi connectivity index (χ3n) is 5.18. The normalized spacial score (nSPS) is 20.4. The summed E-state index contributed by atoms with van der Waals surface area (Å²) in [5.41, 5.74) is 0.876. The van der Waals surface area contributed by atoms with Crippen LogP contribution in [-0.2, 0) is 16.2 Å². The molecule has 1 aromatic heterocycles. The molecule has 0 radical (unpaired) electrons. The number of halogens is 1. The molecule has 1 fully saturated rings. The van der Waals surface area contributed by atoms with Crippen molar-refractivity contribution < 1.29 is 18.8 Å². The van der Waals surface area contributed by atoms with Gasteiger partial charge in [0.15, 0.2) is 5.60 Å². The number of hydrogen-bond donors (Lipinski definition) is 2. The van der Waals surface area contributed by atoms with Crippen LogP contribution in [0.2, 0.25) is 0 Å². The molecule has 0 aliphatic carbocycles. The Balaban J connectivity index is 1.33. The number of urea groups is 1. The van der Waals surface area contributed by atoms with E-state index in [1.165, 1.54) is 18.2 Å². The van der Waals surface area contributed by atoms with E-state index in [-0.39, 0.29) is 11.9 Å². The fraction of sp³-hybridized carbons (Fsp3) is 0.333. The van der Waals surface area contributed by atoms with Crippen molar-refractivity contribution in [2.45, 2.75) is 31.4 Å². The number of oxime groups is 1. The van der Waals surface area contributed by atoms with Crippen LogP contribution < -0.4 is 10.6 Å². The number of rotatable bonds is 4. The molecule has 0 bridgehead atoms. The van der Waals surface area contributed by atoms with Gasteiger partial charge in [-0.05, 0) is 42.7 Å². The number of anilines is 1. The molecule has 1 atom stereocenters. The topological polar surface area (TPSA) is 95.9 Å². The molecule has 2 N–H and O–H groups in total. The summed E-state index contributed by atoms with van der Waals surface area (Å²) in [4.78, 5) is 36.3. The lowest BCUT2D eigenvalue weighted by molar-refractivity contribution is -0.115. The Morgan fingerprint density at radius 2 is 2.17 bits per heavy atom. The number of nitrogens with zero attached hydrogens (tertiary/aromatic N) is 3. The van der Waals surface area contributed by atoms with E-state index in [9.17, 15) is 14.0 Å². The van der Waals surface area contributed by atoms with Crippen molar-refractivity contribution in [2.24, 2.45) is 5.16 Å². The number of nitrogens with one attached hydrogen (secondary N) is 2. The largest absolute Gasteiger partial charge is 0.386 e. The Labute approximate surface area is 173 Å².